The predicted octanol–water partition coefficient (Wildman–Crippen LogP) is 4.02. The molecule has 1 amide bonds. The van der Waals surface area contributed by atoms with Gasteiger partial charge in [-0.05, 0) is 38.6 Å². The summed E-state index contributed by atoms with van der Waals surface area (Å²) < 4.78 is 6.79. The molecule has 3 rings (SSSR count). The number of thiocarbonyl (C=S) groups is 1. The number of esters is 1. The summed E-state index contributed by atoms with van der Waals surface area (Å²) in [7, 11) is 0. The van der Waals surface area contributed by atoms with E-state index in [9.17, 15) is 9.59 Å². The lowest BCUT2D eigenvalue weighted by atomic mass is 10.0. The molecule has 4 N–H and O–H groups in total. The molecule has 0 fully saturated rings. The third kappa shape index (κ3) is 4.75. The van der Waals surface area contributed by atoms with Crippen LogP contribution < -0.4 is 16.4 Å². The molecular weight excluding hydrogens is 434 g/mol. The number of carbonyl (C=O) groups excluding carboxylic acids is 2. The molecule has 0 unspecified atom stereocenters. The molecule has 0 aliphatic carbocycles. The minimum atomic E-state index is -0.616. The number of primary amides is 1. The molecule has 0 aliphatic rings. The van der Waals surface area contributed by atoms with Gasteiger partial charge in [0.1, 0.15) is 16.3 Å². The van der Waals surface area contributed by atoms with Gasteiger partial charge in [0, 0.05) is 17.0 Å². The van der Waals surface area contributed by atoms with E-state index in [1.165, 1.54) is 22.2 Å². The van der Waals surface area contributed by atoms with Crippen LogP contribution >= 0.6 is 23.6 Å². The van der Waals surface area contributed by atoms with Crippen molar-refractivity contribution in [1.82, 2.24) is 9.78 Å². The zero-order valence-corrected chi connectivity index (χ0v) is 19.0. The van der Waals surface area contributed by atoms with Crippen LogP contribution in [0.3, 0.4) is 0 Å². The van der Waals surface area contributed by atoms with Crippen molar-refractivity contribution < 1.29 is 14.3 Å². The van der Waals surface area contributed by atoms with E-state index >= 15 is 0 Å². The molecule has 0 atom stereocenters. The highest BCUT2D eigenvalue weighted by atomic mass is 32.1. The van der Waals surface area contributed by atoms with Crippen molar-refractivity contribution in [3.8, 4) is 11.1 Å². The Hall–Kier alpha value is -3.24. The molecule has 0 radical (unpaired) electrons. The van der Waals surface area contributed by atoms with Crippen molar-refractivity contribution in [2.75, 3.05) is 17.2 Å². The molecule has 31 heavy (non-hydrogen) atoms. The minimum absolute atomic E-state index is 0.199. The molecule has 2 aromatic heterocycles. The summed E-state index contributed by atoms with van der Waals surface area (Å²) in [6.45, 7) is 6.29. The molecular formula is C21H23N5O3S2. The highest BCUT2D eigenvalue weighted by Crippen LogP contribution is 2.40. The topological polar surface area (TPSA) is 111 Å². The number of ether oxygens (including phenoxy) is 1. The van der Waals surface area contributed by atoms with Crippen LogP contribution in [0.2, 0.25) is 0 Å². The molecule has 8 nitrogen and oxygen atoms in total. The van der Waals surface area contributed by atoms with Crippen molar-refractivity contribution in [2.45, 2.75) is 27.3 Å². The first-order valence-electron chi connectivity index (χ1n) is 9.66. The van der Waals surface area contributed by atoms with Crippen LogP contribution in [-0.2, 0) is 11.3 Å². The summed E-state index contributed by atoms with van der Waals surface area (Å²) in [5.74, 6) is -1.05. The molecule has 162 valence electrons. The first-order valence-corrected chi connectivity index (χ1v) is 10.9. The van der Waals surface area contributed by atoms with Gasteiger partial charge in [-0.1, -0.05) is 30.3 Å². The smallest absolute Gasteiger partial charge is 0.341 e. The fourth-order valence-corrected chi connectivity index (χ4v) is 4.56. The van der Waals surface area contributed by atoms with Gasteiger partial charge in [0.2, 0.25) is 0 Å². The average molecular weight is 458 g/mol. The zero-order chi connectivity index (χ0) is 22.5. The van der Waals surface area contributed by atoms with Crippen LogP contribution in [0.5, 0.6) is 0 Å². The standard InChI is InChI=1S/C21H23N5O3S2/c1-4-26-17(18(22)27)14(11-23-26)24-21(30)25-19-16(20(28)29-5-2)15(12(3)31-19)13-9-7-6-8-10-13/h6-11H,4-5H2,1-3H3,(H2,22,27)(H2,24,25,30). The zero-order valence-electron chi connectivity index (χ0n) is 17.4. The maximum absolute atomic E-state index is 12.8. The van der Waals surface area contributed by atoms with E-state index in [-0.39, 0.29) is 17.4 Å². The lowest BCUT2D eigenvalue weighted by Gasteiger charge is -2.12. The molecule has 1 aromatic carbocycles. The molecule has 0 aliphatic heterocycles. The molecule has 0 saturated carbocycles. The van der Waals surface area contributed by atoms with Gasteiger partial charge >= 0.3 is 5.97 Å². The van der Waals surface area contributed by atoms with Gasteiger partial charge < -0.3 is 21.1 Å². The predicted molar refractivity (Wildman–Crippen MR) is 127 cm³/mol. The first kappa shape index (κ1) is 22.4. The normalized spacial score (nSPS) is 10.5. The Bertz CT molecular complexity index is 1120. The van der Waals surface area contributed by atoms with E-state index in [1.807, 2.05) is 44.2 Å². The number of aryl methyl sites for hydroxylation is 2. The number of carbonyl (C=O) groups is 2. The second-order valence-corrected chi connectivity index (χ2v) is 8.12. The molecule has 3 aromatic rings. The Balaban J connectivity index is 1.95. The van der Waals surface area contributed by atoms with Crippen molar-refractivity contribution in [3.63, 3.8) is 0 Å². The monoisotopic (exact) mass is 457 g/mol. The number of nitrogens with zero attached hydrogens (tertiary/aromatic N) is 2. The van der Waals surface area contributed by atoms with Crippen LogP contribution in [-0.4, -0.2) is 33.4 Å². The maximum Gasteiger partial charge on any atom is 0.341 e. The van der Waals surface area contributed by atoms with E-state index < -0.39 is 11.9 Å². The summed E-state index contributed by atoms with van der Waals surface area (Å²) in [6.07, 6.45) is 1.49. The number of amides is 1. The summed E-state index contributed by atoms with van der Waals surface area (Å²) in [6, 6.07) is 9.63. The van der Waals surface area contributed by atoms with Gasteiger partial charge in [-0.15, -0.1) is 11.3 Å². The second-order valence-electron chi connectivity index (χ2n) is 6.49. The van der Waals surface area contributed by atoms with E-state index in [4.69, 9.17) is 22.7 Å². The highest BCUT2D eigenvalue weighted by molar-refractivity contribution is 7.80. The van der Waals surface area contributed by atoms with Crippen LogP contribution in [0.25, 0.3) is 11.1 Å². The number of thiophene rings is 1. The number of nitrogens with one attached hydrogen (secondary N) is 2. The molecule has 0 bridgehead atoms. The lowest BCUT2D eigenvalue weighted by Crippen LogP contribution is -2.24. The third-order valence-electron chi connectivity index (χ3n) is 4.47. The van der Waals surface area contributed by atoms with Crippen LogP contribution in [0, 0.1) is 6.92 Å². The van der Waals surface area contributed by atoms with Crippen LogP contribution in [0.1, 0.15) is 39.6 Å². The summed E-state index contributed by atoms with van der Waals surface area (Å²) in [5, 5.41) is 10.9. The van der Waals surface area contributed by atoms with E-state index in [0.29, 0.717) is 22.8 Å². The second kappa shape index (κ2) is 9.71. The van der Waals surface area contributed by atoms with Crippen molar-refractivity contribution in [1.29, 1.82) is 0 Å². The SMILES string of the molecule is CCOC(=O)c1c(NC(=S)Nc2cnn(CC)c2C(N)=O)sc(C)c1-c1ccccc1. The van der Waals surface area contributed by atoms with Gasteiger partial charge in [0.25, 0.3) is 5.91 Å². The van der Waals surface area contributed by atoms with Gasteiger partial charge in [-0.2, -0.15) is 5.10 Å². The van der Waals surface area contributed by atoms with Gasteiger partial charge in [-0.3, -0.25) is 9.48 Å². The lowest BCUT2D eigenvalue weighted by molar-refractivity contribution is 0.0529. The summed E-state index contributed by atoms with van der Waals surface area (Å²) >= 11 is 6.83. The number of anilines is 2. The van der Waals surface area contributed by atoms with Crippen molar-refractivity contribution >= 4 is 51.2 Å². The Morgan fingerprint density at radius 1 is 1.23 bits per heavy atom. The molecule has 0 saturated heterocycles. The molecule has 2 heterocycles. The number of rotatable bonds is 7. The number of hydrogen-bond donors (Lipinski definition) is 3. The van der Waals surface area contributed by atoms with Crippen molar-refractivity contribution in [2.24, 2.45) is 5.73 Å². The van der Waals surface area contributed by atoms with Crippen LogP contribution in [0.4, 0.5) is 10.7 Å². The Labute approximate surface area is 189 Å². The van der Waals surface area contributed by atoms with E-state index in [1.54, 1.807) is 6.92 Å². The minimum Gasteiger partial charge on any atom is -0.462 e. The fourth-order valence-electron chi connectivity index (χ4n) is 3.22. The van der Waals surface area contributed by atoms with E-state index in [0.717, 1.165) is 16.0 Å². The number of benzene rings is 1. The summed E-state index contributed by atoms with van der Waals surface area (Å²) in [5.41, 5.74) is 8.22. The number of hydrogen-bond acceptors (Lipinski definition) is 6. The Morgan fingerprint density at radius 3 is 2.55 bits per heavy atom. The summed E-state index contributed by atoms with van der Waals surface area (Å²) in [4.78, 5) is 25.6. The highest BCUT2D eigenvalue weighted by Gasteiger charge is 2.25. The number of nitrogens with two attached hydrogens (primary N) is 1. The van der Waals surface area contributed by atoms with Crippen molar-refractivity contribution in [3.05, 3.63) is 52.7 Å². The largest absolute Gasteiger partial charge is 0.462 e. The van der Waals surface area contributed by atoms with E-state index in [2.05, 4.69) is 15.7 Å². The maximum atomic E-state index is 12.8. The average Bonchev–Trinajstić information content (AvgIpc) is 3.28. The van der Waals surface area contributed by atoms with Crippen LogP contribution in [0.15, 0.2) is 36.5 Å². The number of aromatic nitrogens is 2. The molecule has 0 spiro atoms. The molecule has 10 heteroatoms. The Morgan fingerprint density at radius 2 is 1.94 bits per heavy atom. The van der Waals surface area contributed by atoms with Gasteiger partial charge in [0.05, 0.1) is 18.5 Å². The van der Waals surface area contributed by atoms with Gasteiger partial charge in [0.15, 0.2) is 5.11 Å². The fraction of sp³-hybridized carbons (Fsp3) is 0.238. The quantitative estimate of drug-likeness (QED) is 0.363. The Kier molecular flexibility index (Phi) is 7.03. The first-order chi connectivity index (χ1) is 14.9. The third-order valence-corrected chi connectivity index (χ3v) is 5.70. The van der Waals surface area contributed by atoms with Gasteiger partial charge in [-0.25, -0.2) is 4.79 Å².